The van der Waals surface area contributed by atoms with Crippen LogP contribution in [-0.4, -0.2) is 28.2 Å². The smallest absolute Gasteiger partial charge is 0.275 e. The molecule has 0 spiro atoms. The highest BCUT2D eigenvalue weighted by Crippen LogP contribution is 2.34. The number of rotatable bonds is 2. The number of nitro benzene ring substituents is 1. The molecule has 0 saturated carbocycles. The topological polar surface area (TPSA) is 80.5 Å². The summed E-state index contributed by atoms with van der Waals surface area (Å²) in [6.45, 7) is 1.98. The molecule has 0 fully saturated rings. The molecule has 20 heavy (non-hydrogen) atoms. The van der Waals surface area contributed by atoms with Crippen LogP contribution in [0.5, 0.6) is 0 Å². The highest BCUT2D eigenvalue weighted by Gasteiger charge is 2.33. The summed E-state index contributed by atoms with van der Waals surface area (Å²) >= 11 is 0. The van der Waals surface area contributed by atoms with E-state index in [4.69, 9.17) is 0 Å². The summed E-state index contributed by atoms with van der Waals surface area (Å²) in [5.74, 6) is -0.813. The zero-order valence-corrected chi connectivity index (χ0v) is 10.6. The minimum Gasteiger partial charge on any atom is -0.275 e. The van der Waals surface area contributed by atoms with Crippen LogP contribution in [0.15, 0.2) is 30.3 Å². The Balaban J connectivity index is 2.44. The van der Waals surface area contributed by atoms with Crippen LogP contribution in [0.4, 0.5) is 5.69 Å². The number of benzene rings is 2. The Hall–Kier alpha value is -2.76. The summed E-state index contributed by atoms with van der Waals surface area (Å²) < 4.78 is 0. The lowest BCUT2D eigenvalue weighted by Crippen LogP contribution is -2.40. The van der Waals surface area contributed by atoms with Gasteiger partial charge in [0.15, 0.2) is 0 Å². The molecule has 2 amide bonds. The van der Waals surface area contributed by atoms with Crippen LogP contribution >= 0.6 is 0 Å². The summed E-state index contributed by atoms with van der Waals surface area (Å²) in [7, 11) is 0. The Morgan fingerprint density at radius 2 is 1.75 bits per heavy atom. The van der Waals surface area contributed by atoms with E-state index in [9.17, 15) is 19.7 Å². The van der Waals surface area contributed by atoms with Gasteiger partial charge in [-0.2, -0.15) is 0 Å². The van der Waals surface area contributed by atoms with Gasteiger partial charge in [-0.3, -0.25) is 24.6 Å². The first kappa shape index (κ1) is 12.3. The van der Waals surface area contributed by atoms with Crippen LogP contribution in [0, 0.1) is 10.1 Å². The fraction of sp³-hybridized carbons (Fsp3) is 0.143. The summed E-state index contributed by atoms with van der Waals surface area (Å²) in [5, 5.41) is 11.8. The van der Waals surface area contributed by atoms with E-state index in [0.29, 0.717) is 21.9 Å². The quantitative estimate of drug-likeness (QED) is 0.476. The van der Waals surface area contributed by atoms with Crippen molar-refractivity contribution in [1.29, 1.82) is 0 Å². The van der Waals surface area contributed by atoms with E-state index in [1.807, 2.05) is 0 Å². The number of nitro groups is 1. The van der Waals surface area contributed by atoms with E-state index in [0.717, 1.165) is 4.90 Å². The molecule has 2 aromatic rings. The molecule has 0 atom stereocenters. The summed E-state index contributed by atoms with van der Waals surface area (Å²) in [6.07, 6.45) is 0. The Morgan fingerprint density at radius 3 is 2.35 bits per heavy atom. The number of non-ortho nitro benzene ring substituents is 1. The first-order chi connectivity index (χ1) is 9.56. The molecule has 0 unspecified atom stereocenters. The number of carbonyl (C=O) groups is 2. The lowest BCUT2D eigenvalue weighted by Gasteiger charge is -2.25. The molecule has 1 aliphatic heterocycles. The van der Waals surface area contributed by atoms with Crippen molar-refractivity contribution >= 4 is 28.3 Å². The zero-order valence-electron chi connectivity index (χ0n) is 10.6. The van der Waals surface area contributed by atoms with Gasteiger partial charge < -0.3 is 0 Å². The van der Waals surface area contributed by atoms with Gasteiger partial charge in [-0.25, -0.2) is 0 Å². The molecule has 0 N–H and O–H groups in total. The molecule has 1 heterocycles. The van der Waals surface area contributed by atoms with Gasteiger partial charge >= 0.3 is 0 Å². The van der Waals surface area contributed by atoms with E-state index >= 15 is 0 Å². The van der Waals surface area contributed by atoms with Gasteiger partial charge in [-0.05, 0) is 25.1 Å². The summed E-state index contributed by atoms with van der Waals surface area (Å²) in [4.78, 5) is 36.2. The number of amides is 2. The summed E-state index contributed by atoms with van der Waals surface area (Å²) in [5.41, 5.74) is 0.571. The van der Waals surface area contributed by atoms with Crippen molar-refractivity contribution in [1.82, 2.24) is 4.90 Å². The normalized spacial score (nSPS) is 13.9. The standard InChI is InChI=1S/C14H10N2O4/c1-2-15-13(17)9-5-3-4-8-11(16(19)20)7-6-10(12(8)9)14(15)18/h3-7H,2H2,1H3. The van der Waals surface area contributed by atoms with Gasteiger partial charge in [0, 0.05) is 29.1 Å². The maximum absolute atomic E-state index is 12.3. The minimum atomic E-state index is -0.510. The molecular formula is C14H10N2O4. The molecule has 6 nitrogen and oxygen atoms in total. The first-order valence-electron chi connectivity index (χ1n) is 6.12. The lowest BCUT2D eigenvalue weighted by atomic mass is 9.93. The van der Waals surface area contributed by atoms with E-state index in [1.165, 1.54) is 12.1 Å². The van der Waals surface area contributed by atoms with E-state index in [-0.39, 0.29) is 12.2 Å². The predicted octanol–water partition coefficient (Wildman–Crippen LogP) is 2.36. The molecular weight excluding hydrogens is 260 g/mol. The number of carbonyl (C=O) groups excluding carboxylic acids is 2. The molecule has 0 radical (unpaired) electrons. The van der Waals surface area contributed by atoms with Gasteiger partial charge in [-0.1, -0.05) is 6.07 Å². The Morgan fingerprint density at radius 1 is 1.10 bits per heavy atom. The molecule has 0 bridgehead atoms. The van der Waals surface area contributed by atoms with Gasteiger partial charge in [0.05, 0.1) is 10.3 Å². The average Bonchev–Trinajstić information content (AvgIpc) is 2.44. The third-order valence-electron chi connectivity index (χ3n) is 3.48. The van der Waals surface area contributed by atoms with Gasteiger partial charge in [0.1, 0.15) is 0 Å². The largest absolute Gasteiger partial charge is 0.277 e. The van der Waals surface area contributed by atoms with Crippen molar-refractivity contribution in [2.24, 2.45) is 0 Å². The van der Waals surface area contributed by atoms with Crippen molar-refractivity contribution in [3.05, 3.63) is 51.6 Å². The van der Waals surface area contributed by atoms with Crippen molar-refractivity contribution in [3.63, 3.8) is 0 Å². The highest BCUT2D eigenvalue weighted by atomic mass is 16.6. The number of hydrogen-bond acceptors (Lipinski definition) is 4. The lowest BCUT2D eigenvalue weighted by molar-refractivity contribution is -0.383. The van der Waals surface area contributed by atoms with Crippen LogP contribution in [0.3, 0.4) is 0 Å². The monoisotopic (exact) mass is 270 g/mol. The number of nitrogens with zero attached hydrogens (tertiary/aromatic N) is 2. The Kier molecular flexibility index (Phi) is 2.53. The average molecular weight is 270 g/mol. The van der Waals surface area contributed by atoms with Crippen LogP contribution in [-0.2, 0) is 0 Å². The fourth-order valence-corrected chi connectivity index (χ4v) is 2.58. The van der Waals surface area contributed by atoms with Crippen molar-refractivity contribution in [2.75, 3.05) is 6.54 Å². The minimum absolute atomic E-state index is 0.101. The first-order valence-corrected chi connectivity index (χ1v) is 6.12. The van der Waals surface area contributed by atoms with Crippen molar-refractivity contribution in [3.8, 4) is 0 Å². The highest BCUT2D eigenvalue weighted by molar-refractivity contribution is 6.26. The van der Waals surface area contributed by atoms with Crippen LogP contribution in [0.25, 0.3) is 10.8 Å². The van der Waals surface area contributed by atoms with E-state index in [1.54, 1.807) is 25.1 Å². The molecule has 0 aliphatic carbocycles. The van der Waals surface area contributed by atoms with Gasteiger partial charge in [0.25, 0.3) is 17.5 Å². The van der Waals surface area contributed by atoms with Crippen molar-refractivity contribution < 1.29 is 14.5 Å². The van der Waals surface area contributed by atoms with Crippen molar-refractivity contribution in [2.45, 2.75) is 6.92 Å². The molecule has 100 valence electrons. The Bertz CT molecular complexity index is 760. The second-order valence-electron chi connectivity index (χ2n) is 4.47. The number of hydrogen-bond donors (Lipinski definition) is 0. The van der Waals surface area contributed by atoms with E-state index < -0.39 is 16.7 Å². The van der Waals surface area contributed by atoms with Gasteiger partial charge in [-0.15, -0.1) is 0 Å². The fourth-order valence-electron chi connectivity index (χ4n) is 2.58. The van der Waals surface area contributed by atoms with Gasteiger partial charge in [0.2, 0.25) is 0 Å². The molecule has 6 heteroatoms. The van der Waals surface area contributed by atoms with Crippen LogP contribution in [0.1, 0.15) is 27.6 Å². The van der Waals surface area contributed by atoms with Crippen LogP contribution < -0.4 is 0 Å². The second kappa shape index (κ2) is 4.12. The maximum Gasteiger partial charge on any atom is 0.277 e. The summed E-state index contributed by atoms with van der Waals surface area (Å²) in [6, 6.07) is 7.47. The van der Waals surface area contributed by atoms with E-state index in [2.05, 4.69) is 0 Å². The molecule has 0 aromatic heterocycles. The van der Waals surface area contributed by atoms with Crippen LogP contribution in [0.2, 0.25) is 0 Å². The third kappa shape index (κ3) is 1.45. The maximum atomic E-state index is 12.3. The molecule has 2 aromatic carbocycles. The third-order valence-corrected chi connectivity index (χ3v) is 3.48. The Labute approximate surface area is 113 Å². The zero-order chi connectivity index (χ0) is 14.4. The predicted molar refractivity (Wildman–Crippen MR) is 71.6 cm³/mol. The second-order valence-corrected chi connectivity index (χ2v) is 4.47. The molecule has 3 rings (SSSR count). The number of imide groups is 1. The molecule has 1 aliphatic rings. The molecule has 0 saturated heterocycles. The SMILES string of the molecule is CCN1C(=O)c2cccc3c([N+](=O)[O-])ccc(c23)C1=O.